The fourth-order valence-corrected chi connectivity index (χ4v) is 3.99. The van der Waals surface area contributed by atoms with E-state index in [1.54, 1.807) is 18.3 Å². The molecule has 0 unspecified atom stereocenters. The summed E-state index contributed by atoms with van der Waals surface area (Å²) >= 11 is 1.49. The molecule has 9 heteroatoms. The van der Waals surface area contributed by atoms with Crippen LogP contribution >= 0.6 is 11.3 Å². The lowest BCUT2D eigenvalue weighted by Crippen LogP contribution is -2.08. The van der Waals surface area contributed by atoms with Crippen LogP contribution in [0.5, 0.6) is 0 Å². The lowest BCUT2D eigenvalue weighted by Gasteiger charge is -2.08. The second kappa shape index (κ2) is 6.52. The van der Waals surface area contributed by atoms with Crippen LogP contribution in [-0.2, 0) is 0 Å². The van der Waals surface area contributed by atoms with Gasteiger partial charge >= 0.3 is 0 Å². The van der Waals surface area contributed by atoms with Gasteiger partial charge in [-0.2, -0.15) is 0 Å². The van der Waals surface area contributed by atoms with Gasteiger partial charge in [-0.15, -0.1) is 0 Å². The first-order chi connectivity index (χ1) is 13.6. The molecule has 1 saturated carbocycles. The zero-order chi connectivity index (χ0) is 19.3. The Morgan fingerprint density at radius 2 is 2.00 bits per heavy atom. The molecule has 140 valence electrons. The highest BCUT2D eigenvalue weighted by Gasteiger charge is 2.39. The first-order valence-electron chi connectivity index (χ1n) is 8.71. The highest BCUT2D eigenvalue weighted by molar-refractivity contribution is 7.18. The zero-order valence-electron chi connectivity index (χ0n) is 14.7. The highest BCUT2D eigenvalue weighted by atomic mass is 32.1. The number of rotatable bonds is 4. The van der Waals surface area contributed by atoms with Crippen molar-refractivity contribution >= 4 is 27.5 Å². The molecule has 1 N–H and O–H groups in total. The lowest BCUT2D eigenvalue weighted by molar-refractivity contribution is 0.507. The Morgan fingerprint density at radius 3 is 2.79 bits per heavy atom. The van der Waals surface area contributed by atoms with Crippen molar-refractivity contribution in [2.75, 3.05) is 5.32 Å². The van der Waals surface area contributed by atoms with E-state index in [0.717, 1.165) is 21.8 Å². The van der Waals surface area contributed by atoms with Crippen molar-refractivity contribution in [1.82, 2.24) is 24.9 Å². The van der Waals surface area contributed by atoms with Crippen LogP contribution in [0.4, 0.5) is 14.6 Å². The van der Waals surface area contributed by atoms with Crippen LogP contribution in [0.1, 0.15) is 22.9 Å². The standard InChI is InChI=1S/C19H14F2N6S/c1-9-24-16-18(25-15-7-11(15)10-2-3-12(20)13(21)6-10)26-17(27-19(16)28-9)14-4-5-22-8-23-14/h2-6,8,11,15H,7H2,1H3,(H,25,26,27)/t11-,15+/m0/s1. The average Bonchev–Trinajstić information content (AvgIpc) is 3.35. The summed E-state index contributed by atoms with van der Waals surface area (Å²) in [6, 6.07) is 5.87. The van der Waals surface area contributed by atoms with Crippen molar-refractivity contribution < 1.29 is 8.78 Å². The maximum absolute atomic E-state index is 13.5. The van der Waals surface area contributed by atoms with Crippen LogP contribution in [0.2, 0.25) is 0 Å². The van der Waals surface area contributed by atoms with Crippen molar-refractivity contribution in [2.45, 2.75) is 25.3 Å². The lowest BCUT2D eigenvalue weighted by atomic mass is 10.1. The van der Waals surface area contributed by atoms with Crippen LogP contribution < -0.4 is 5.32 Å². The number of thiazole rings is 1. The number of benzene rings is 1. The number of halogens is 2. The van der Waals surface area contributed by atoms with E-state index in [1.165, 1.54) is 29.8 Å². The van der Waals surface area contributed by atoms with Crippen molar-refractivity contribution in [2.24, 2.45) is 0 Å². The second-order valence-corrected chi connectivity index (χ2v) is 7.83. The van der Waals surface area contributed by atoms with Gasteiger partial charge in [0, 0.05) is 18.2 Å². The Hall–Kier alpha value is -3.07. The van der Waals surface area contributed by atoms with Gasteiger partial charge in [-0.05, 0) is 37.1 Å². The summed E-state index contributed by atoms with van der Waals surface area (Å²) in [6.45, 7) is 1.92. The number of fused-ring (bicyclic) bond motifs is 1. The molecule has 4 aromatic rings. The van der Waals surface area contributed by atoms with Gasteiger partial charge in [0.15, 0.2) is 23.3 Å². The number of nitrogens with zero attached hydrogens (tertiary/aromatic N) is 5. The molecule has 3 aromatic heterocycles. The second-order valence-electron chi connectivity index (χ2n) is 6.64. The van der Waals surface area contributed by atoms with Crippen molar-refractivity contribution in [3.63, 3.8) is 0 Å². The number of nitrogens with one attached hydrogen (secondary N) is 1. The van der Waals surface area contributed by atoms with E-state index in [1.807, 2.05) is 6.92 Å². The smallest absolute Gasteiger partial charge is 0.181 e. The molecule has 28 heavy (non-hydrogen) atoms. The number of anilines is 1. The third kappa shape index (κ3) is 3.07. The summed E-state index contributed by atoms with van der Waals surface area (Å²) in [5, 5.41) is 4.29. The van der Waals surface area contributed by atoms with Gasteiger partial charge in [-0.25, -0.2) is 33.7 Å². The fourth-order valence-electron chi connectivity index (χ4n) is 3.21. The molecule has 5 rings (SSSR count). The Bertz CT molecular complexity index is 1180. The molecule has 0 bridgehead atoms. The van der Waals surface area contributed by atoms with E-state index >= 15 is 0 Å². The van der Waals surface area contributed by atoms with E-state index in [4.69, 9.17) is 0 Å². The molecule has 6 nitrogen and oxygen atoms in total. The van der Waals surface area contributed by atoms with Crippen LogP contribution in [0.15, 0.2) is 36.8 Å². The minimum Gasteiger partial charge on any atom is -0.365 e. The molecule has 0 amide bonds. The normalized spacial score (nSPS) is 18.4. The Balaban J connectivity index is 1.48. The molecule has 0 spiro atoms. The average molecular weight is 396 g/mol. The van der Waals surface area contributed by atoms with E-state index in [2.05, 4.69) is 30.2 Å². The van der Waals surface area contributed by atoms with Crippen LogP contribution in [0, 0.1) is 18.6 Å². The molecule has 1 aliphatic carbocycles. The van der Waals surface area contributed by atoms with Crippen LogP contribution in [0.25, 0.3) is 21.9 Å². The van der Waals surface area contributed by atoms with E-state index in [0.29, 0.717) is 22.9 Å². The SMILES string of the molecule is Cc1nc2c(N[C@@H]3C[C@H]3c3ccc(F)c(F)c3)nc(-c3ccncn3)nc2s1. The molecule has 0 aliphatic heterocycles. The van der Waals surface area contributed by atoms with Crippen LogP contribution in [-0.4, -0.2) is 31.0 Å². The molecular formula is C19H14F2N6S. The summed E-state index contributed by atoms with van der Waals surface area (Å²) in [7, 11) is 0. The summed E-state index contributed by atoms with van der Waals surface area (Å²) < 4.78 is 26.7. The molecule has 0 saturated heterocycles. The number of aryl methyl sites for hydroxylation is 1. The molecule has 0 radical (unpaired) electrons. The maximum Gasteiger partial charge on any atom is 0.181 e. The van der Waals surface area contributed by atoms with Gasteiger partial charge in [0.05, 0.1) is 5.01 Å². The Morgan fingerprint density at radius 1 is 1.11 bits per heavy atom. The van der Waals surface area contributed by atoms with Gasteiger partial charge < -0.3 is 5.32 Å². The van der Waals surface area contributed by atoms with E-state index in [-0.39, 0.29) is 12.0 Å². The van der Waals surface area contributed by atoms with Crippen molar-refractivity contribution in [3.8, 4) is 11.5 Å². The fraction of sp³-hybridized carbons (Fsp3) is 0.211. The highest BCUT2D eigenvalue weighted by Crippen LogP contribution is 2.44. The van der Waals surface area contributed by atoms with E-state index < -0.39 is 11.6 Å². The van der Waals surface area contributed by atoms with Gasteiger partial charge in [-0.3, -0.25) is 0 Å². The molecule has 1 aliphatic rings. The number of aromatic nitrogens is 5. The van der Waals surface area contributed by atoms with Gasteiger partial charge in [0.1, 0.15) is 22.4 Å². The third-order valence-electron chi connectivity index (χ3n) is 4.66. The Labute approximate surface area is 162 Å². The molecule has 1 aromatic carbocycles. The minimum absolute atomic E-state index is 0.0724. The first-order valence-corrected chi connectivity index (χ1v) is 9.53. The molecule has 3 heterocycles. The predicted octanol–water partition coefficient (Wildman–Crippen LogP) is 4.10. The molecule has 1 fully saturated rings. The molecule has 2 atom stereocenters. The summed E-state index contributed by atoms with van der Waals surface area (Å²) in [5.41, 5.74) is 2.10. The summed E-state index contributed by atoms with van der Waals surface area (Å²) in [5.74, 6) is -0.445. The number of hydrogen-bond acceptors (Lipinski definition) is 7. The maximum atomic E-state index is 13.5. The predicted molar refractivity (Wildman–Crippen MR) is 102 cm³/mol. The zero-order valence-corrected chi connectivity index (χ0v) is 15.5. The first kappa shape index (κ1) is 17.1. The van der Waals surface area contributed by atoms with Gasteiger partial charge in [0.25, 0.3) is 0 Å². The quantitative estimate of drug-likeness (QED) is 0.560. The van der Waals surface area contributed by atoms with Gasteiger partial charge in [0.2, 0.25) is 0 Å². The largest absolute Gasteiger partial charge is 0.365 e. The molecular weight excluding hydrogens is 382 g/mol. The van der Waals surface area contributed by atoms with Crippen molar-refractivity contribution in [3.05, 3.63) is 59.0 Å². The summed E-state index contributed by atoms with van der Waals surface area (Å²) in [4.78, 5) is 22.7. The topological polar surface area (TPSA) is 76.5 Å². The van der Waals surface area contributed by atoms with Crippen molar-refractivity contribution in [1.29, 1.82) is 0 Å². The minimum atomic E-state index is -0.834. The Kier molecular flexibility index (Phi) is 3.97. The monoisotopic (exact) mass is 396 g/mol. The van der Waals surface area contributed by atoms with Crippen LogP contribution in [0.3, 0.4) is 0 Å². The van der Waals surface area contributed by atoms with E-state index in [9.17, 15) is 8.78 Å². The summed E-state index contributed by atoms with van der Waals surface area (Å²) in [6.07, 6.45) is 3.90. The third-order valence-corrected chi connectivity index (χ3v) is 5.53. The van der Waals surface area contributed by atoms with Gasteiger partial charge in [-0.1, -0.05) is 17.4 Å². The number of hydrogen-bond donors (Lipinski definition) is 1.